The molecule has 4 heteroatoms. The number of hydrogen-bond donors (Lipinski definition) is 1. The molecule has 3 rings (SSSR count). The predicted molar refractivity (Wildman–Crippen MR) is 91.1 cm³/mol. The van der Waals surface area contributed by atoms with Crippen molar-refractivity contribution in [1.29, 1.82) is 0 Å². The lowest BCUT2D eigenvalue weighted by Gasteiger charge is -2.38. The van der Waals surface area contributed by atoms with Crippen molar-refractivity contribution in [3.8, 4) is 0 Å². The smallest absolute Gasteiger partial charge is 0.225 e. The fraction of sp³-hybridized carbons (Fsp3) is 0.632. The Morgan fingerprint density at radius 1 is 1.22 bits per heavy atom. The number of benzene rings is 1. The first-order valence-corrected chi connectivity index (χ1v) is 8.94. The summed E-state index contributed by atoms with van der Waals surface area (Å²) in [7, 11) is 0. The van der Waals surface area contributed by atoms with E-state index in [2.05, 4.69) is 11.0 Å². The van der Waals surface area contributed by atoms with Gasteiger partial charge in [0.15, 0.2) is 0 Å². The van der Waals surface area contributed by atoms with Crippen LogP contribution in [-0.2, 0) is 11.2 Å². The van der Waals surface area contributed by atoms with Crippen LogP contribution in [0.25, 0.3) is 0 Å². The van der Waals surface area contributed by atoms with Gasteiger partial charge in [0.2, 0.25) is 5.91 Å². The van der Waals surface area contributed by atoms with Crippen molar-refractivity contribution >= 4 is 5.91 Å². The van der Waals surface area contributed by atoms with Crippen molar-refractivity contribution in [1.82, 2.24) is 9.80 Å². The second-order valence-electron chi connectivity index (χ2n) is 6.74. The highest BCUT2D eigenvalue weighted by Gasteiger charge is 2.37. The van der Waals surface area contributed by atoms with Crippen molar-refractivity contribution in [2.45, 2.75) is 45.3 Å². The first kappa shape index (κ1) is 16.5. The summed E-state index contributed by atoms with van der Waals surface area (Å²) < 4.78 is 0. The number of amides is 1. The topological polar surface area (TPSA) is 43.8 Å². The van der Waals surface area contributed by atoms with Gasteiger partial charge >= 0.3 is 0 Å². The highest BCUT2D eigenvalue weighted by atomic mass is 16.3. The van der Waals surface area contributed by atoms with Crippen LogP contribution < -0.4 is 0 Å². The molecule has 1 aliphatic heterocycles. The fourth-order valence-corrected chi connectivity index (χ4v) is 4.15. The monoisotopic (exact) mass is 316 g/mol. The van der Waals surface area contributed by atoms with Crippen LogP contribution >= 0.6 is 0 Å². The molecule has 126 valence electrons. The van der Waals surface area contributed by atoms with Crippen LogP contribution in [0.2, 0.25) is 0 Å². The number of rotatable bonds is 4. The number of aliphatic hydroxyl groups excluding tert-OH is 1. The molecule has 0 unspecified atom stereocenters. The van der Waals surface area contributed by atoms with Crippen molar-refractivity contribution in [3.05, 3.63) is 35.4 Å². The van der Waals surface area contributed by atoms with Gasteiger partial charge in [-0.05, 0) is 57.3 Å². The number of nitrogens with zero attached hydrogens (tertiary/aromatic N) is 2. The van der Waals surface area contributed by atoms with E-state index in [9.17, 15) is 9.90 Å². The van der Waals surface area contributed by atoms with Crippen molar-refractivity contribution in [2.75, 3.05) is 26.2 Å². The summed E-state index contributed by atoms with van der Waals surface area (Å²) in [6.45, 7) is 7.50. The minimum Gasteiger partial charge on any atom is -0.387 e. The van der Waals surface area contributed by atoms with Crippen molar-refractivity contribution < 1.29 is 9.90 Å². The number of fused-ring (bicyclic) bond motifs is 1. The number of carbonyl (C=O) groups excluding carboxylic acids is 1. The molecule has 0 radical (unpaired) electrons. The average molecular weight is 316 g/mol. The first-order chi connectivity index (χ1) is 11.2. The van der Waals surface area contributed by atoms with Gasteiger partial charge < -0.3 is 10.0 Å². The fourth-order valence-electron chi connectivity index (χ4n) is 4.15. The molecule has 2 atom stereocenters. The number of likely N-dealkylation sites (tertiary alicyclic amines) is 1. The summed E-state index contributed by atoms with van der Waals surface area (Å²) in [5, 5.41) is 10.6. The summed E-state index contributed by atoms with van der Waals surface area (Å²) in [4.78, 5) is 16.8. The number of aliphatic hydroxyl groups is 1. The van der Waals surface area contributed by atoms with E-state index >= 15 is 0 Å². The van der Waals surface area contributed by atoms with Crippen molar-refractivity contribution in [3.63, 3.8) is 0 Å². The SMILES string of the molecule is CCN(CC)C(=O)C1CCN([C@H]2Cc3ccccc3[C@H]2O)CC1. The van der Waals surface area contributed by atoms with Gasteiger partial charge in [-0.15, -0.1) is 0 Å². The first-order valence-electron chi connectivity index (χ1n) is 8.94. The van der Waals surface area contributed by atoms with E-state index in [1.54, 1.807) is 0 Å². The summed E-state index contributed by atoms with van der Waals surface area (Å²) in [5.41, 5.74) is 2.35. The molecule has 1 aliphatic carbocycles. The van der Waals surface area contributed by atoms with E-state index in [-0.39, 0.29) is 18.1 Å². The largest absolute Gasteiger partial charge is 0.387 e. The maximum atomic E-state index is 12.5. The van der Waals surface area contributed by atoms with Gasteiger partial charge in [-0.25, -0.2) is 0 Å². The highest BCUT2D eigenvalue weighted by molar-refractivity contribution is 5.78. The summed E-state index contributed by atoms with van der Waals surface area (Å²) >= 11 is 0. The van der Waals surface area contributed by atoms with Gasteiger partial charge in [0.05, 0.1) is 6.10 Å². The van der Waals surface area contributed by atoms with Gasteiger partial charge in [0.1, 0.15) is 0 Å². The average Bonchev–Trinajstić information content (AvgIpc) is 2.93. The van der Waals surface area contributed by atoms with Gasteiger partial charge in [0.25, 0.3) is 0 Å². The Labute approximate surface area is 139 Å². The van der Waals surface area contributed by atoms with Crippen LogP contribution in [0.5, 0.6) is 0 Å². The molecule has 0 saturated carbocycles. The molecule has 23 heavy (non-hydrogen) atoms. The van der Waals surface area contributed by atoms with Crippen LogP contribution in [0.4, 0.5) is 0 Å². The molecule has 4 nitrogen and oxygen atoms in total. The molecular weight excluding hydrogens is 288 g/mol. The highest BCUT2D eigenvalue weighted by Crippen LogP contribution is 2.36. The summed E-state index contributed by atoms with van der Waals surface area (Å²) in [5.74, 6) is 0.469. The van der Waals surface area contributed by atoms with E-state index in [0.717, 1.165) is 51.0 Å². The zero-order chi connectivity index (χ0) is 16.4. The number of hydrogen-bond acceptors (Lipinski definition) is 3. The van der Waals surface area contributed by atoms with Crippen LogP contribution in [-0.4, -0.2) is 53.0 Å². The Bertz CT molecular complexity index is 548. The Morgan fingerprint density at radius 3 is 2.48 bits per heavy atom. The molecule has 1 N–H and O–H groups in total. The molecule has 1 heterocycles. The lowest BCUT2D eigenvalue weighted by atomic mass is 9.93. The lowest BCUT2D eigenvalue weighted by molar-refractivity contribution is -0.137. The Morgan fingerprint density at radius 2 is 1.87 bits per heavy atom. The van der Waals surface area contributed by atoms with Crippen LogP contribution in [0.15, 0.2) is 24.3 Å². The van der Waals surface area contributed by atoms with E-state index < -0.39 is 0 Å². The van der Waals surface area contributed by atoms with E-state index in [1.807, 2.05) is 36.9 Å². The normalized spacial score (nSPS) is 25.3. The Balaban J connectivity index is 1.59. The minimum absolute atomic E-state index is 0.159. The van der Waals surface area contributed by atoms with Crippen LogP contribution in [0.1, 0.15) is 43.9 Å². The third-order valence-corrected chi connectivity index (χ3v) is 5.59. The third-order valence-electron chi connectivity index (χ3n) is 5.59. The molecule has 1 aromatic rings. The third kappa shape index (κ3) is 3.15. The zero-order valence-corrected chi connectivity index (χ0v) is 14.2. The zero-order valence-electron chi connectivity index (χ0n) is 14.2. The second kappa shape index (κ2) is 7.02. The van der Waals surface area contributed by atoms with E-state index in [0.29, 0.717) is 5.91 Å². The second-order valence-corrected chi connectivity index (χ2v) is 6.74. The lowest BCUT2D eigenvalue weighted by Crippen LogP contribution is -2.47. The van der Waals surface area contributed by atoms with Gasteiger partial charge in [-0.3, -0.25) is 9.69 Å². The Kier molecular flexibility index (Phi) is 5.02. The number of piperidine rings is 1. The molecule has 0 spiro atoms. The number of carbonyl (C=O) groups is 1. The predicted octanol–water partition coefficient (Wildman–Crippen LogP) is 2.23. The maximum Gasteiger partial charge on any atom is 0.225 e. The molecule has 2 aliphatic rings. The van der Waals surface area contributed by atoms with Gasteiger partial charge in [-0.1, -0.05) is 24.3 Å². The quantitative estimate of drug-likeness (QED) is 0.926. The minimum atomic E-state index is -0.388. The standard InChI is InChI=1S/C19H28N2O2/c1-3-20(4-2)19(23)14-9-11-21(12-10-14)17-13-15-7-5-6-8-16(15)18(17)22/h5-8,14,17-18,22H,3-4,9-13H2,1-2H3/t17-,18+/m0/s1. The van der Waals surface area contributed by atoms with Crippen molar-refractivity contribution in [2.24, 2.45) is 5.92 Å². The molecule has 0 aromatic heterocycles. The molecule has 1 fully saturated rings. The van der Waals surface area contributed by atoms with Gasteiger partial charge in [0, 0.05) is 25.0 Å². The van der Waals surface area contributed by atoms with Crippen LogP contribution in [0.3, 0.4) is 0 Å². The van der Waals surface area contributed by atoms with E-state index in [4.69, 9.17) is 0 Å². The summed E-state index contributed by atoms with van der Waals surface area (Å²) in [6, 6.07) is 8.38. The van der Waals surface area contributed by atoms with E-state index in [1.165, 1.54) is 5.56 Å². The molecule has 0 bridgehead atoms. The van der Waals surface area contributed by atoms with Gasteiger partial charge in [-0.2, -0.15) is 0 Å². The molecule has 1 amide bonds. The maximum absolute atomic E-state index is 12.5. The van der Waals surface area contributed by atoms with Crippen LogP contribution in [0, 0.1) is 5.92 Å². The molecule has 1 aromatic carbocycles. The summed E-state index contributed by atoms with van der Waals surface area (Å²) in [6.07, 6.45) is 2.36. The Hall–Kier alpha value is -1.39. The molecule has 1 saturated heterocycles. The molecular formula is C19H28N2O2.